The second kappa shape index (κ2) is 9.91. The van der Waals surface area contributed by atoms with Gasteiger partial charge in [-0.25, -0.2) is 4.79 Å². The van der Waals surface area contributed by atoms with Crippen molar-refractivity contribution in [1.82, 2.24) is 0 Å². The van der Waals surface area contributed by atoms with Gasteiger partial charge in [0.2, 0.25) is 0 Å². The molecule has 0 aliphatic carbocycles. The van der Waals surface area contributed by atoms with Crippen LogP contribution in [0.4, 0.5) is 0 Å². The van der Waals surface area contributed by atoms with Gasteiger partial charge < -0.3 is 14.2 Å². The molecule has 0 aromatic heterocycles. The molecule has 0 radical (unpaired) electrons. The SMILES string of the molecule is CCCC(=O)Oc1cccc(C2(c3cccc(OC(=O)CCC)c3)OC(=O)c3ccccc32)c1. The lowest BCUT2D eigenvalue weighted by atomic mass is 9.80. The van der Waals surface area contributed by atoms with Crippen molar-refractivity contribution in [3.05, 3.63) is 95.1 Å². The number of cyclic esters (lactones) is 1. The fourth-order valence-corrected chi connectivity index (χ4v) is 4.14. The lowest BCUT2D eigenvalue weighted by Gasteiger charge is -2.30. The Morgan fingerprint density at radius 2 is 1.29 bits per heavy atom. The summed E-state index contributed by atoms with van der Waals surface area (Å²) in [5.41, 5.74) is 1.04. The summed E-state index contributed by atoms with van der Waals surface area (Å²) < 4.78 is 17.1. The zero-order valence-electron chi connectivity index (χ0n) is 19.2. The number of hydrogen-bond acceptors (Lipinski definition) is 6. The van der Waals surface area contributed by atoms with Crippen molar-refractivity contribution in [3.8, 4) is 11.5 Å². The van der Waals surface area contributed by atoms with Crippen LogP contribution in [-0.4, -0.2) is 17.9 Å². The van der Waals surface area contributed by atoms with E-state index in [4.69, 9.17) is 14.2 Å². The lowest BCUT2D eigenvalue weighted by molar-refractivity contribution is -0.135. The number of ether oxygens (including phenoxy) is 3. The van der Waals surface area contributed by atoms with Crippen LogP contribution in [0.3, 0.4) is 0 Å². The molecule has 0 spiro atoms. The second-order valence-electron chi connectivity index (χ2n) is 8.12. The number of esters is 3. The van der Waals surface area contributed by atoms with Crippen LogP contribution in [0.25, 0.3) is 0 Å². The number of rotatable bonds is 8. The molecule has 34 heavy (non-hydrogen) atoms. The second-order valence-corrected chi connectivity index (χ2v) is 8.12. The van der Waals surface area contributed by atoms with Crippen LogP contribution in [0.1, 0.15) is 66.6 Å². The maximum atomic E-state index is 12.9. The smallest absolute Gasteiger partial charge is 0.340 e. The number of carbonyl (C=O) groups is 3. The van der Waals surface area contributed by atoms with Gasteiger partial charge in [-0.3, -0.25) is 9.59 Å². The van der Waals surface area contributed by atoms with Gasteiger partial charge in [0.05, 0.1) is 5.56 Å². The van der Waals surface area contributed by atoms with Crippen molar-refractivity contribution in [1.29, 1.82) is 0 Å². The molecule has 0 N–H and O–H groups in total. The zero-order valence-corrected chi connectivity index (χ0v) is 19.2. The largest absolute Gasteiger partial charge is 0.441 e. The van der Waals surface area contributed by atoms with Gasteiger partial charge >= 0.3 is 17.9 Å². The van der Waals surface area contributed by atoms with Crippen LogP contribution >= 0.6 is 0 Å². The Labute approximate surface area is 198 Å². The van der Waals surface area contributed by atoms with Crippen LogP contribution in [0.2, 0.25) is 0 Å². The van der Waals surface area contributed by atoms with Crippen LogP contribution < -0.4 is 9.47 Å². The molecule has 0 atom stereocenters. The molecule has 0 fully saturated rings. The van der Waals surface area contributed by atoms with E-state index >= 15 is 0 Å². The third kappa shape index (κ3) is 4.44. The Bertz CT molecular complexity index is 1170. The van der Waals surface area contributed by atoms with Crippen molar-refractivity contribution in [2.24, 2.45) is 0 Å². The Morgan fingerprint density at radius 1 is 0.765 bits per heavy atom. The first kappa shape index (κ1) is 23.2. The van der Waals surface area contributed by atoms with E-state index in [1.54, 1.807) is 48.5 Å². The van der Waals surface area contributed by atoms with Gasteiger partial charge in [0.15, 0.2) is 5.60 Å². The van der Waals surface area contributed by atoms with Crippen molar-refractivity contribution >= 4 is 17.9 Å². The van der Waals surface area contributed by atoms with Crippen molar-refractivity contribution in [2.75, 3.05) is 0 Å². The van der Waals surface area contributed by atoms with E-state index in [0.717, 1.165) is 0 Å². The summed E-state index contributed by atoms with van der Waals surface area (Å²) >= 11 is 0. The summed E-state index contributed by atoms with van der Waals surface area (Å²) in [6, 6.07) is 21.1. The summed E-state index contributed by atoms with van der Waals surface area (Å²) in [7, 11) is 0. The highest BCUT2D eigenvalue weighted by Crippen LogP contribution is 2.48. The van der Waals surface area contributed by atoms with E-state index in [-0.39, 0.29) is 11.9 Å². The Kier molecular flexibility index (Phi) is 6.77. The van der Waals surface area contributed by atoms with Gasteiger partial charge in [0.1, 0.15) is 11.5 Å². The van der Waals surface area contributed by atoms with Gasteiger partial charge in [-0.2, -0.15) is 0 Å². The molecule has 174 valence electrons. The predicted molar refractivity (Wildman–Crippen MR) is 126 cm³/mol. The monoisotopic (exact) mass is 458 g/mol. The van der Waals surface area contributed by atoms with E-state index in [9.17, 15) is 14.4 Å². The fourth-order valence-electron chi connectivity index (χ4n) is 4.14. The first-order valence-electron chi connectivity index (χ1n) is 11.4. The number of fused-ring (bicyclic) bond motifs is 1. The summed E-state index contributed by atoms with van der Waals surface area (Å²) in [6.45, 7) is 3.81. The molecular formula is C28H26O6. The molecule has 0 amide bonds. The third-order valence-electron chi connectivity index (χ3n) is 5.62. The predicted octanol–water partition coefficient (Wildman–Crippen LogP) is 5.56. The summed E-state index contributed by atoms with van der Waals surface area (Å²) in [4.78, 5) is 37.1. The number of benzene rings is 3. The van der Waals surface area contributed by atoms with Crippen molar-refractivity contribution < 1.29 is 28.6 Å². The summed E-state index contributed by atoms with van der Waals surface area (Å²) in [6.07, 6.45) is 1.96. The van der Waals surface area contributed by atoms with Gasteiger partial charge in [-0.1, -0.05) is 56.3 Å². The lowest BCUT2D eigenvalue weighted by Crippen LogP contribution is -2.29. The Balaban J connectivity index is 1.85. The average Bonchev–Trinajstić information content (AvgIpc) is 3.13. The van der Waals surface area contributed by atoms with Crippen LogP contribution in [-0.2, 0) is 19.9 Å². The zero-order chi connectivity index (χ0) is 24.1. The Morgan fingerprint density at radius 3 is 1.82 bits per heavy atom. The highest BCUT2D eigenvalue weighted by molar-refractivity contribution is 5.96. The average molecular weight is 459 g/mol. The van der Waals surface area contributed by atoms with E-state index in [2.05, 4.69) is 0 Å². The standard InChI is InChI=1S/C28H26O6/c1-3-9-25(29)32-21-13-7-11-19(17-21)28(24-16-6-5-15-23(24)27(31)34-28)20-12-8-14-22(18-20)33-26(30)10-4-2/h5-8,11-18H,3-4,9-10H2,1-2H3. The molecule has 6 nitrogen and oxygen atoms in total. The molecule has 4 rings (SSSR count). The van der Waals surface area contributed by atoms with Crippen molar-refractivity contribution in [2.45, 2.75) is 45.1 Å². The molecule has 0 saturated carbocycles. The maximum Gasteiger partial charge on any atom is 0.340 e. The highest BCUT2D eigenvalue weighted by Gasteiger charge is 2.48. The van der Waals surface area contributed by atoms with Gasteiger partial charge in [-0.05, 0) is 43.2 Å². The van der Waals surface area contributed by atoms with E-state index < -0.39 is 11.6 Å². The molecule has 1 heterocycles. The number of hydrogen-bond donors (Lipinski definition) is 0. The maximum absolute atomic E-state index is 12.9. The van der Waals surface area contributed by atoms with Gasteiger partial charge in [0.25, 0.3) is 0 Å². The van der Waals surface area contributed by atoms with Crippen LogP contribution in [0.15, 0.2) is 72.8 Å². The minimum atomic E-state index is -1.30. The molecule has 3 aromatic rings. The molecular weight excluding hydrogens is 432 g/mol. The van der Waals surface area contributed by atoms with Crippen molar-refractivity contribution in [3.63, 3.8) is 0 Å². The molecule has 1 aliphatic heterocycles. The number of carbonyl (C=O) groups excluding carboxylic acids is 3. The summed E-state index contributed by atoms with van der Waals surface area (Å²) in [5, 5.41) is 0. The minimum Gasteiger partial charge on any atom is -0.441 e. The molecule has 0 unspecified atom stereocenters. The fraction of sp³-hybridized carbons (Fsp3) is 0.250. The minimum absolute atomic E-state index is 0.304. The Hall–Kier alpha value is -3.93. The van der Waals surface area contributed by atoms with Gasteiger partial charge in [-0.15, -0.1) is 0 Å². The molecule has 0 bridgehead atoms. The van der Waals surface area contributed by atoms with E-state index in [0.29, 0.717) is 59.4 Å². The normalized spacial score (nSPS) is 13.6. The topological polar surface area (TPSA) is 78.9 Å². The molecule has 1 aliphatic rings. The van der Waals surface area contributed by atoms with Crippen LogP contribution in [0, 0.1) is 0 Å². The highest BCUT2D eigenvalue weighted by atomic mass is 16.6. The van der Waals surface area contributed by atoms with Gasteiger partial charge in [0, 0.05) is 29.5 Å². The molecule has 3 aromatic carbocycles. The van der Waals surface area contributed by atoms with E-state index in [1.807, 2.05) is 38.1 Å². The molecule has 6 heteroatoms. The van der Waals surface area contributed by atoms with E-state index in [1.165, 1.54) is 0 Å². The first-order chi connectivity index (χ1) is 16.5. The third-order valence-corrected chi connectivity index (χ3v) is 5.62. The first-order valence-corrected chi connectivity index (χ1v) is 11.4. The molecule has 0 saturated heterocycles. The summed E-state index contributed by atoms with van der Waals surface area (Å²) in [5.74, 6) is -0.398. The quantitative estimate of drug-likeness (QED) is 0.325. The van der Waals surface area contributed by atoms with Crippen LogP contribution in [0.5, 0.6) is 11.5 Å².